The molecular formula is C23H26N4O3S. The first kappa shape index (κ1) is 21.4. The van der Waals surface area contributed by atoms with Crippen LogP contribution in [0, 0.1) is 0 Å². The summed E-state index contributed by atoms with van der Waals surface area (Å²) in [6.07, 6.45) is 1.33. The highest BCUT2D eigenvalue weighted by Crippen LogP contribution is 2.30. The minimum atomic E-state index is 0.200. The molecule has 0 spiro atoms. The Labute approximate surface area is 186 Å². The van der Waals surface area contributed by atoms with Crippen LogP contribution in [-0.4, -0.2) is 64.7 Å². The Morgan fingerprint density at radius 3 is 2.68 bits per heavy atom. The molecular weight excluding hydrogens is 412 g/mol. The monoisotopic (exact) mass is 438 g/mol. The van der Waals surface area contributed by atoms with Gasteiger partial charge in [-0.3, -0.25) is 9.36 Å². The van der Waals surface area contributed by atoms with Gasteiger partial charge in [0.05, 0.1) is 20.3 Å². The molecule has 0 atom stereocenters. The second-order valence-electron chi connectivity index (χ2n) is 7.15. The molecule has 8 heteroatoms. The molecule has 0 saturated carbocycles. The number of aromatic nitrogens is 3. The van der Waals surface area contributed by atoms with Gasteiger partial charge >= 0.3 is 0 Å². The summed E-state index contributed by atoms with van der Waals surface area (Å²) in [6, 6.07) is 17.9. The molecule has 2 heterocycles. The van der Waals surface area contributed by atoms with Gasteiger partial charge in [0.25, 0.3) is 0 Å². The summed E-state index contributed by atoms with van der Waals surface area (Å²) < 4.78 is 12.8. The molecule has 0 unspecified atom stereocenters. The van der Waals surface area contributed by atoms with E-state index in [-0.39, 0.29) is 5.91 Å². The Balaban J connectivity index is 1.48. The number of benzene rings is 2. The highest BCUT2D eigenvalue weighted by molar-refractivity contribution is 7.99. The number of ether oxygens (including phenoxy) is 2. The lowest BCUT2D eigenvalue weighted by atomic mass is 10.2. The number of methoxy groups -OCH3 is 1. The molecule has 7 nitrogen and oxygen atoms in total. The molecule has 1 aliphatic rings. The highest BCUT2D eigenvalue weighted by Gasteiger charge is 2.18. The molecule has 0 bridgehead atoms. The van der Waals surface area contributed by atoms with Crippen LogP contribution < -0.4 is 4.74 Å². The third kappa shape index (κ3) is 5.26. The van der Waals surface area contributed by atoms with Gasteiger partial charge in [0.1, 0.15) is 5.75 Å². The van der Waals surface area contributed by atoms with E-state index in [9.17, 15) is 4.79 Å². The van der Waals surface area contributed by atoms with Crippen LogP contribution in [-0.2, 0) is 9.53 Å². The van der Waals surface area contributed by atoms with Crippen molar-refractivity contribution in [3.63, 3.8) is 0 Å². The maximum Gasteiger partial charge on any atom is 0.222 e. The maximum atomic E-state index is 12.4. The van der Waals surface area contributed by atoms with E-state index < -0.39 is 0 Å². The summed E-state index contributed by atoms with van der Waals surface area (Å²) in [5.74, 6) is 2.53. The standard InChI is InChI=1S/C23H26N4O3S/c1-29-20-10-5-7-18(17-20)22-24-25-23(27(22)19-8-3-2-4-9-19)31-16-6-11-21(28)26-12-14-30-15-13-26/h2-5,7-10,17H,6,11-16H2,1H3. The molecule has 1 amide bonds. The molecule has 1 fully saturated rings. The van der Waals surface area contributed by atoms with Gasteiger partial charge in [0.2, 0.25) is 5.91 Å². The van der Waals surface area contributed by atoms with Crippen LogP contribution >= 0.6 is 11.8 Å². The van der Waals surface area contributed by atoms with Gasteiger partial charge in [-0.2, -0.15) is 0 Å². The van der Waals surface area contributed by atoms with Crippen molar-refractivity contribution in [3.8, 4) is 22.8 Å². The third-order valence-corrected chi connectivity index (χ3v) is 6.12. The Morgan fingerprint density at radius 2 is 1.90 bits per heavy atom. The van der Waals surface area contributed by atoms with Crippen LogP contribution in [0.15, 0.2) is 59.8 Å². The van der Waals surface area contributed by atoms with Crippen LogP contribution in [0.2, 0.25) is 0 Å². The Bertz CT molecular complexity index is 1000. The zero-order valence-electron chi connectivity index (χ0n) is 17.6. The normalized spacial score (nSPS) is 13.9. The number of carbonyl (C=O) groups is 1. The smallest absolute Gasteiger partial charge is 0.222 e. The van der Waals surface area contributed by atoms with Crippen molar-refractivity contribution in [1.29, 1.82) is 0 Å². The largest absolute Gasteiger partial charge is 0.497 e. The zero-order valence-corrected chi connectivity index (χ0v) is 18.4. The number of thioether (sulfide) groups is 1. The molecule has 1 saturated heterocycles. The van der Waals surface area contributed by atoms with Crippen LogP contribution in [0.1, 0.15) is 12.8 Å². The molecule has 1 aromatic heterocycles. The summed E-state index contributed by atoms with van der Waals surface area (Å²) in [4.78, 5) is 14.3. The van der Waals surface area contributed by atoms with Gasteiger partial charge in [0.15, 0.2) is 11.0 Å². The van der Waals surface area contributed by atoms with Gasteiger partial charge in [-0.1, -0.05) is 42.1 Å². The van der Waals surface area contributed by atoms with Crippen molar-refractivity contribution < 1.29 is 14.3 Å². The van der Waals surface area contributed by atoms with E-state index >= 15 is 0 Å². The SMILES string of the molecule is COc1cccc(-c2nnc(SCCCC(=O)N3CCOCC3)n2-c2ccccc2)c1. The van der Waals surface area contributed by atoms with Crippen LogP contribution in [0.3, 0.4) is 0 Å². The quantitative estimate of drug-likeness (QED) is 0.395. The van der Waals surface area contributed by atoms with Crippen molar-refractivity contribution in [2.24, 2.45) is 0 Å². The molecule has 0 aliphatic carbocycles. The van der Waals surface area contributed by atoms with Crippen molar-refractivity contribution in [2.45, 2.75) is 18.0 Å². The van der Waals surface area contributed by atoms with Crippen LogP contribution in [0.5, 0.6) is 5.75 Å². The van der Waals surface area contributed by atoms with Gasteiger partial charge in [0, 0.05) is 36.5 Å². The zero-order chi connectivity index (χ0) is 21.5. The lowest BCUT2D eigenvalue weighted by molar-refractivity contribution is -0.135. The molecule has 31 heavy (non-hydrogen) atoms. The Morgan fingerprint density at radius 1 is 1.10 bits per heavy atom. The van der Waals surface area contributed by atoms with Gasteiger partial charge in [-0.25, -0.2) is 0 Å². The summed E-state index contributed by atoms with van der Waals surface area (Å²) in [7, 11) is 1.65. The highest BCUT2D eigenvalue weighted by atomic mass is 32.2. The molecule has 162 valence electrons. The predicted octanol–water partition coefficient (Wildman–Crippen LogP) is 3.67. The molecule has 0 radical (unpaired) electrons. The fourth-order valence-corrected chi connectivity index (χ4v) is 4.37. The Hall–Kier alpha value is -2.84. The third-order valence-electron chi connectivity index (χ3n) is 5.11. The topological polar surface area (TPSA) is 69.5 Å². The molecule has 0 N–H and O–H groups in total. The summed E-state index contributed by atoms with van der Waals surface area (Å²) in [5, 5.41) is 9.74. The molecule has 1 aliphatic heterocycles. The van der Waals surface area contributed by atoms with Crippen molar-refractivity contribution in [2.75, 3.05) is 39.2 Å². The van der Waals surface area contributed by atoms with E-state index in [4.69, 9.17) is 9.47 Å². The van der Waals surface area contributed by atoms with Gasteiger partial charge < -0.3 is 14.4 Å². The molecule has 4 rings (SSSR count). The van der Waals surface area contributed by atoms with Gasteiger partial charge in [-0.15, -0.1) is 10.2 Å². The number of rotatable bonds is 8. The number of morpholine rings is 1. The second kappa shape index (κ2) is 10.5. The molecule has 3 aromatic rings. The minimum Gasteiger partial charge on any atom is -0.497 e. The maximum absolute atomic E-state index is 12.4. The number of para-hydroxylation sites is 1. The predicted molar refractivity (Wildman–Crippen MR) is 121 cm³/mol. The van der Waals surface area contributed by atoms with Crippen molar-refractivity contribution in [3.05, 3.63) is 54.6 Å². The first-order valence-corrected chi connectivity index (χ1v) is 11.4. The van der Waals surface area contributed by atoms with E-state index in [1.165, 1.54) is 0 Å². The number of hydrogen-bond acceptors (Lipinski definition) is 6. The lowest BCUT2D eigenvalue weighted by Crippen LogP contribution is -2.40. The molecule has 2 aromatic carbocycles. The fraction of sp³-hybridized carbons (Fsp3) is 0.348. The van der Waals surface area contributed by atoms with E-state index in [0.717, 1.165) is 40.2 Å². The average molecular weight is 439 g/mol. The van der Waals surface area contributed by atoms with E-state index in [0.29, 0.717) is 32.7 Å². The minimum absolute atomic E-state index is 0.200. The summed E-state index contributed by atoms with van der Waals surface area (Å²) in [6.45, 7) is 2.65. The lowest BCUT2D eigenvalue weighted by Gasteiger charge is -2.26. The van der Waals surface area contributed by atoms with E-state index in [1.807, 2.05) is 59.5 Å². The van der Waals surface area contributed by atoms with Gasteiger partial charge in [-0.05, 0) is 30.7 Å². The first-order valence-electron chi connectivity index (χ1n) is 10.4. The van der Waals surface area contributed by atoms with Crippen molar-refractivity contribution in [1.82, 2.24) is 19.7 Å². The number of amides is 1. The van der Waals surface area contributed by atoms with E-state index in [2.05, 4.69) is 14.8 Å². The number of hydrogen-bond donors (Lipinski definition) is 0. The average Bonchev–Trinajstić information content (AvgIpc) is 3.26. The first-order chi connectivity index (χ1) is 15.3. The van der Waals surface area contributed by atoms with Crippen LogP contribution in [0.4, 0.5) is 0 Å². The number of nitrogens with zero attached hydrogens (tertiary/aromatic N) is 4. The number of carbonyl (C=O) groups excluding carboxylic acids is 1. The second-order valence-corrected chi connectivity index (χ2v) is 8.22. The summed E-state index contributed by atoms with van der Waals surface area (Å²) >= 11 is 1.62. The summed E-state index contributed by atoms with van der Waals surface area (Å²) in [5.41, 5.74) is 1.93. The van der Waals surface area contributed by atoms with Crippen LogP contribution in [0.25, 0.3) is 17.1 Å². The van der Waals surface area contributed by atoms with E-state index in [1.54, 1.807) is 18.9 Å². The van der Waals surface area contributed by atoms with Crippen molar-refractivity contribution >= 4 is 17.7 Å². The Kier molecular flexibility index (Phi) is 7.22. The fourth-order valence-electron chi connectivity index (χ4n) is 3.48.